The van der Waals surface area contributed by atoms with Crippen LogP contribution in [0.25, 0.3) is 5.76 Å². The molecular weight excluding hydrogens is 544 g/mol. The lowest BCUT2D eigenvalue weighted by Gasteiger charge is -2.27. The summed E-state index contributed by atoms with van der Waals surface area (Å²) >= 11 is 0. The number of nitrogens with zero attached hydrogens (tertiary/aromatic N) is 2. The Kier molecular flexibility index (Phi) is 9.36. The smallest absolute Gasteiger partial charge is 0.295 e. The number of hydrogen-bond donors (Lipinski definition) is 1. The molecule has 0 unspecified atom stereocenters. The van der Waals surface area contributed by atoms with Crippen molar-refractivity contribution in [1.82, 2.24) is 9.80 Å². The highest BCUT2D eigenvalue weighted by molar-refractivity contribution is 6.46. The number of likely N-dealkylation sites (tertiary alicyclic amines) is 1. The SMILES string of the molecule is CCN(CC)CCCN1C(=O)C(=O)C(=C(O)c2ccc3c(c2)C[C@H](C)O3)[C@@H]1c1ccc(OCc2ccccc2)c(OC)c1. The summed E-state index contributed by atoms with van der Waals surface area (Å²) in [5.74, 6) is 0.284. The molecule has 3 aromatic rings. The van der Waals surface area contributed by atoms with Gasteiger partial charge in [-0.25, -0.2) is 0 Å². The van der Waals surface area contributed by atoms with Gasteiger partial charge in [0.15, 0.2) is 11.5 Å². The molecule has 8 heteroatoms. The van der Waals surface area contributed by atoms with E-state index >= 15 is 0 Å². The van der Waals surface area contributed by atoms with Gasteiger partial charge in [0.05, 0.1) is 18.7 Å². The van der Waals surface area contributed by atoms with Crippen molar-refractivity contribution >= 4 is 17.4 Å². The Balaban J connectivity index is 1.52. The minimum Gasteiger partial charge on any atom is -0.507 e. The number of ketones is 1. The fraction of sp³-hybridized carbons (Fsp3) is 0.371. The minimum absolute atomic E-state index is 0.0406. The van der Waals surface area contributed by atoms with Crippen molar-refractivity contribution in [1.29, 1.82) is 0 Å². The average Bonchev–Trinajstić information content (AvgIpc) is 3.53. The Morgan fingerprint density at radius 2 is 1.79 bits per heavy atom. The summed E-state index contributed by atoms with van der Waals surface area (Å²) in [5, 5.41) is 11.6. The zero-order valence-corrected chi connectivity index (χ0v) is 25.3. The number of fused-ring (bicyclic) bond motifs is 1. The van der Waals surface area contributed by atoms with Crippen LogP contribution in [0.4, 0.5) is 0 Å². The predicted octanol–water partition coefficient (Wildman–Crippen LogP) is 5.75. The van der Waals surface area contributed by atoms with Gasteiger partial charge in [0, 0.05) is 18.5 Å². The number of rotatable bonds is 12. The maximum absolute atomic E-state index is 13.6. The molecule has 2 atom stereocenters. The summed E-state index contributed by atoms with van der Waals surface area (Å²) in [6.45, 7) is 9.53. The molecule has 43 heavy (non-hydrogen) atoms. The Bertz CT molecular complexity index is 1500. The highest BCUT2D eigenvalue weighted by Crippen LogP contribution is 2.43. The van der Waals surface area contributed by atoms with E-state index < -0.39 is 17.7 Å². The molecule has 0 bridgehead atoms. The number of aliphatic hydroxyl groups is 1. The fourth-order valence-electron chi connectivity index (χ4n) is 5.90. The maximum Gasteiger partial charge on any atom is 0.295 e. The van der Waals surface area contributed by atoms with Crippen LogP contribution in [-0.2, 0) is 22.6 Å². The molecule has 3 aromatic carbocycles. The van der Waals surface area contributed by atoms with Crippen LogP contribution in [-0.4, -0.2) is 66.0 Å². The summed E-state index contributed by atoms with van der Waals surface area (Å²) in [5.41, 5.74) is 3.19. The number of amides is 1. The Morgan fingerprint density at radius 3 is 2.51 bits per heavy atom. The lowest BCUT2D eigenvalue weighted by Crippen LogP contribution is -2.33. The van der Waals surface area contributed by atoms with Crippen LogP contribution >= 0.6 is 0 Å². The second-order valence-electron chi connectivity index (χ2n) is 11.0. The van der Waals surface area contributed by atoms with Crippen molar-refractivity contribution < 1.29 is 28.9 Å². The summed E-state index contributed by atoms with van der Waals surface area (Å²) in [7, 11) is 1.56. The maximum atomic E-state index is 13.6. The van der Waals surface area contributed by atoms with E-state index in [1.54, 1.807) is 30.2 Å². The van der Waals surface area contributed by atoms with E-state index in [1.165, 1.54) is 0 Å². The second-order valence-corrected chi connectivity index (χ2v) is 11.0. The van der Waals surface area contributed by atoms with E-state index in [0.29, 0.717) is 48.6 Å². The monoisotopic (exact) mass is 584 g/mol. The number of ether oxygens (including phenoxy) is 3. The zero-order chi connectivity index (χ0) is 30.5. The predicted molar refractivity (Wildman–Crippen MR) is 165 cm³/mol. The largest absolute Gasteiger partial charge is 0.507 e. The number of hydrogen-bond acceptors (Lipinski definition) is 7. The van der Waals surface area contributed by atoms with Gasteiger partial charge in [0.25, 0.3) is 11.7 Å². The molecule has 0 radical (unpaired) electrons. The molecule has 2 aliphatic rings. The van der Waals surface area contributed by atoms with Gasteiger partial charge in [0.2, 0.25) is 0 Å². The number of Topliss-reactive ketones (excluding diaryl/α,β-unsaturated/α-hetero) is 1. The van der Waals surface area contributed by atoms with Crippen LogP contribution in [0.5, 0.6) is 17.2 Å². The molecule has 0 spiro atoms. The van der Waals surface area contributed by atoms with Crippen molar-refractivity contribution in [3.63, 3.8) is 0 Å². The average molecular weight is 585 g/mol. The Labute approximate surface area is 253 Å². The third-order valence-electron chi connectivity index (χ3n) is 8.22. The van der Waals surface area contributed by atoms with Crippen LogP contribution in [0, 0.1) is 0 Å². The van der Waals surface area contributed by atoms with E-state index in [1.807, 2.05) is 55.5 Å². The first kappa shape index (κ1) is 30.2. The first-order valence-corrected chi connectivity index (χ1v) is 15.0. The summed E-state index contributed by atoms with van der Waals surface area (Å²) in [6, 6.07) is 19.9. The molecular formula is C35H40N2O6. The van der Waals surface area contributed by atoms with Gasteiger partial charge < -0.3 is 29.1 Å². The highest BCUT2D eigenvalue weighted by Gasteiger charge is 2.46. The molecule has 226 valence electrons. The number of carbonyl (C=O) groups excluding carboxylic acids is 2. The Hall–Kier alpha value is -4.30. The van der Waals surface area contributed by atoms with Gasteiger partial charge >= 0.3 is 0 Å². The third kappa shape index (κ3) is 6.39. The summed E-state index contributed by atoms with van der Waals surface area (Å²) in [4.78, 5) is 31.0. The lowest BCUT2D eigenvalue weighted by atomic mass is 9.94. The van der Waals surface area contributed by atoms with E-state index in [-0.39, 0.29) is 17.4 Å². The van der Waals surface area contributed by atoms with Crippen LogP contribution in [0.2, 0.25) is 0 Å². The van der Waals surface area contributed by atoms with Crippen molar-refractivity contribution in [2.45, 2.75) is 52.4 Å². The molecule has 1 saturated heterocycles. The normalized spacial score (nSPS) is 19.0. The van der Waals surface area contributed by atoms with Gasteiger partial charge in [-0.3, -0.25) is 9.59 Å². The first-order chi connectivity index (χ1) is 20.8. The fourth-order valence-corrected chi connectivity index (χ4v) is 5.90. The molecule has 1 fully saturated rings. The first-order valence-electron chi connectivity index (χ1n) is 15.0. The molecule has 2 heterocycles. The number of benzene rings is 3. The van der Waals surface area contributed by atoms with Crippen molar-refractivity contribution in [2.75, 3.05) is 33.3 Å². The summed E-state index contributed by atoms with van der Waals surface area (Å²) in [6.07, 6.45) is 1.44. The Morgan fingerprint density at radius 1 is 1.02 bits per heavy atom. The van der Waals surface area contributed by atoms with Gasteiger partial charge in [-0.2, -0.15) is 0 Å². The van der Waals surface area contributed by atoms with E-state index in [4.69, 9.17) is 14.2 Å². The number of carbonyl (C=O) groups is 2. The van der Waals surface area contributed by atoms with Crippen molar-refractivity contribution in [3.05, 3.63) is 94.6 Å². The highest BCUT2D eigenvalue weighted by atomic mass is 16.5. The van der Waals surface area contributed by atoms with Gasteiger partial charge in [0.1, 0.15) is 24.2 Å². The van der Waals surface area contributed by atoms with E-state index in [9.17, 15) is 14.7 Å². The van der Waals surface area contributed by atoms with Crippen LogP contribution in [0.1, 0.15) is 55.5 Å². The molecule has 0 aliphatic carbocycles. The standard InChI is InChI=1S/C35H40N2O6/c1-5-36(6-2)17-10-18-37-32(25-13-16-29(30(21-25)41-4)42-22-24-11-8-7-9-12-24)31(34(39)35(37)40)33(38)26-14-15-28-27(20-26)19-23(3)43-28/h7-9,11-16,20-21,23,32,38H,5-6,10,17-19,22H2,1-4H3/t23-,32-/m0/s1. The van der Waals surface area contributed by atoms with Crippen LogP contribution in [0.3, 0.4) is 0 Å². The molecule has 0 saturated carbocycles. The minimum atomic E-state index is -0.780. The van der Waals surface area contributed by atoms with Gasteiger partial charge in [-0.05, 0) is 80.0 Å². The molecule has 1 N–H and O–H groups in total. The van der Waals surface area contributed by atoms with Crippen molar-refractivity contribution in [2.24, 2.45) is 0 Å². The zero-order valence-electron chi connectivity index (χ0n) is 25.3. The molecule has 5 rings (SSSR count). The molecule has 0 aromatic heterocycles. The molecule has 8 nitrogen and oxygen atoms in total. The van der Waals surface area contributed by atoms with E-state index in [0.717, 1.165) is 36.5 Å². The third-order valence-corrected chi connectivity index (χ3v) is 8.22. The molecule has 1 amide bonds. The second kappa shape index (κ2) is 13.3. The van der Waals surface area contributed by atoms with Crippen LogP contribution < -0.4 is 14.2 Å². The van der Waals surface area contributed by atoms with E-state index in [2.05, 4.69) is 18.7 Å². The number of aliphatic hydroxyl groups excluding tert-OH is 1. The summed E-state index contributed by atoms with van der Waals surface area (Å²) < 4.78 is 17.6. The van der Waals surface area contributed by atoms with Gasteiger partial charge in [-0.15, -0.1) is 0 Å². The van der Waals surface area contributed by atoms with Crippen LogP contribution in [0.15, 0.2) is 72.3 Å². The lowest BCUT2D eigenvalue weighted by molar-refractivity contribution is -0.140. The topological polar surface area (TPSA) is 88.5 Å². The van der Waals surface area contributed by atoms with Crippen molar-refractivity contribution in [3.8, 4) is 17.2 Å². The van der Waals surface area contributed by atoms with Gasteiger partial charge in [-0.1, -0.05) is 50.2 Å². The quantitative estimate of drug-likeness (QED) is 0.165. The molecule has 2 aliphatic heterocycles. The number of methoxy groups -OCH3 is 1.